The SMILES string of the molecule is Cc1c(Cc2ccc(Cl)nc2)cc2c(=O)n(C3CCCCC3O)cnc2c1C. The molecule has 0 amide bonds. The van der Waals surface area contributed by atoms with E-state index in [1.165, 1.54) is 0 Å². The molecule has 1 fully saturated rings. The average Bonchev–Trinajstić information content (AvgIpc) is 2.69. The molecule has 0 bridgehead atoms. The molecule has 3 aromatic rings. The molecule has 2 unspecified atom stereocenters. The molecule has 0 spiro atoms. The second-order valence-electron chi connectivity index (χ2n) is 7.72. The van der Waals surface area contributed by atoms with Gasteiger partial charge in [-0.1, -0.05) is 30.5 Å². The molecule has 5 nitrogen and oxygen atoms in total. The molecule has 0 aliphatic heterocycles. The molecule has 4 rings (SSSR count). The van der Waals surface area contributed by atoms with Crippen LogP contribution in [0.3, 0.4) is 0 Å². The molecular formula is C22H24ClN3O2. The van der Waals surface area contributed by atoms with Gasteiger partial charge in [-0.3, -0.25) is 9.36 Å². The predicted octanol–water partition coefficient (Wildman–Crippen LogP) is 4.13. The van der Waals surface area contributed by atoms with Gasteiger partial charge in [-0.2, -0.15) is 0 Å². The summed E-state index contributed by atoms with van der Waals surface area (Å²) in [5.41, 5.74) is 4.93. The fourth-order valence-electron chi connectivity index (χ4n) is 4.18. The van der Waals surface area contributed by atoms with E-state index >= 15 is 0 Å². The van der Waals surface area contributed by atoms with Gasteiger partial charge in [0.05, 0.1) is 29.4 Å². The molecule has 2 aromatic heterocycles. The van der Waals surface area contributed by atoms with Crippen LogP contribution in [-0.2, 0) is 6.42 Å². The van der Waals surface area contributed by atoms with E-state index in [0.717, 1.165) is 53.5 Å². The number of aliphatic hydroxyl groups excluding tert-OH is 1. The molecule has 1 aromatic carbocycles. The summed E-state index contributed by atoms with van der Waals surface area (Å²) < 4.78 is 1.63. The molecule has 28 heavy (non-hydrogen) atoms. The van der Waals surface area contributed by atoms with Crippen molar-refractivity contribution in [3.63, 3.8) is 0 Å². The van der Waals surface area contributed by atoms with Gasteiger partial charge in [-0.15, -0.1) is 0 Å². The Balaban J connectivity index is 1.81. The Morgan fingerprint density at radius 2 is 1.96 bits per heavy atom. The quantitative estimate of drug-likeness (QED) is 0.675. The monoisotopic (exact) mass is 397 g/mol. The number of aliphatic hydroxyl groups is 1. The summed E-state index contributed by atoms with van der Waals surface area (Å²) in [6.45, 7) is 4.07. The third-order valence-electron chi connectivity index (χ3n) is 5.98. The molecule has 1 N–H and O–H groups in total. The highest BCUT2D eigenvalue weighted by Crippen LogP contribution is 2.29. The summed E-state index contributed by atoms with van der Waals surface area (Å²) in [6, 6.07) is 5.49. The second-order valence-corrected chi connectivity index (χ2v) is 8.11. The first-order valence-corrected chi connectivity index (χ1v) is 10.1. The lowest BCUT2D eigenvalue weighted by Crippen LogP contribution is -2.34. The zero-order valence-corrected chi connectivity index (χ0v) is 16.9. The maximum Gasteiger partial charge on any atom is 0.261 e. The van der Waals surface area contributed by atoms with Crippen LogP contribution in [0.4, 0.5) is 0 Å². The van der Waals surface area contributed by atoms with Crippen LogP contribution in [0, 0.1) is 13.8 Å². The minimum atomic E-state index is -0.489. The summed E-state index contributed by atoms with van der Waals surface area (Å²) in [5, 5.41) is 11.5. The lowest BCUT2D eigenvalue weighted by Gasteiger charge is -2.29. The van der Waals surface area contributed by atoms with Crippen LogP contribution in [0.25, 0.3) is 10.9 Å². The van der Waals surface area contributed by atoms with E-state index < -0.39 is 6.10 Å². The summed E-state index contributed by atoms with van der Waals surface area (Å²) in [5.74, 6) is 0. The summed E-state index contributed by atoms with van der Waals surface area (Å²) in [6.07, 6.45) is 7.13. The van der Waals surface area contributed by atoms with Gasteiger partial charge in [0.25, 0.3) is 5.56 Å². The van der Waals surface area contributed by atoms with Crippen molar-refractivity contribution in [3.8, 4) is 0 Å². The van der Waals surface area contributed by atoms with E-state index in [1.54, 1.807) is 23.2 Å². The third kappa shape index (κ3) is 3.45. The number of benzene rings is 1. The van der Waals surface area contributed by atoms with Crippen LogP contribution >= 0.6 is 11.6 Å². The highest BCUT2D eigenvalue weighted by Gasteiger charge is 2.26. The van der Waals surface area contributed by atoms with Gasteiger partial charge in [0.15, 0.2) is 0 Å². The standard InChI is InChI=1S/C22H24ClN3O2/c1-13-14(2)21-17(10-16(13)9-15-7-8-20(23)24-11-15)22(28)26(12-25-21)18-5-3-4-6-19(18)27/h7-8,10-12,18-19,27H,3-6,9H2,1-2H3. The summed E-state index contributed by atoms with van der Waals surface area (Å²) in [4.78, 5) is 22.0. The van der Waals surface area contributed by atoms with Crippen LogP contribution in [0.2, 0.25) is 5.15 Å². The van der Waals surface area contributed by atoms with Gasteiger partial charge in [0.2, 0.25) is 0 Å². The minimum Gasteiger partial charge on any atom is -0.391 e. The van der Waals surface area contributed by atoms with Crippen molar-refractivity contribution in [3.05, 3.63) is 68.5 Å². The molecule has 1 saturated carbocycles. The normalized spacial score (nSPS) is 19.9. The number of nitrogens with zero attached hydrogens (tertiary/aromatic N) is 3. The molecule has 146 valence electrons. The van der Waals surface area contributed by atoms with Crippen LogP contribution < -0.4 is 5.56 Å². The lowest BCUT2D eigenvalue weighted by molar-refractivity contribution is 0.0735. The van der Waals surface area contributed by atoms with E-state index in [0.29, 0.717) is 17.0 Å². The smallest absolute Gasteiger partial charge is 0.261 e. The molecule has 2 heterocycles. The van der Waals surface area contributed by atoms with E-state index in [2.05, 4.69) is 16.9 Å². The number of aromatic nitrogens is 3. The van der Waals surface area contributed by atoms with E-state index in [1.807, 2.05) is 19.1 Å². The summed E-state index contributed by atoms with van der Waals surface area (Å²) in [7, 11) is 0. The van der Waals surface area contributed by atoms with Crippen molar-refractivity contribution in [1.29, 1.82) is 0 Å². The maximum atomic E-state index is 13.3. The van der Waals surface area contributed by atoms with Gasteiger partial charge in [0, 0.05) is 6.20 Å². The number of fused-ring (bicyclic) bond motifs is 1. The van der Waals surface area contributed by atoms with Crippen molar-refractivity contribution in [2.75, 3.05) is 0 Å². The fraction of sp³-hybridized carbons (Fsp3) is 0.409. The van der Waals surface area contributed by atoms with Crippen LogP contribution in [0.1, 0.15) is 54.0 Å². The van der Waals surface area contributed by atoms with Gasteiger partial charge in [-0.25, -0.2) is 9.97 Å². The third-order valence-corrected chi connectivity index (χ3v) is 6.21. The Bertz CT molecular complexity index is 1080. The largest absolute Gasteiger partial charge is 0.391 e. The number of pyridine rings is 1. The zero-order valence-electron chi connectivity index (χ0n) is 16.2. The highest BCUT2D eigenvalue weighted by molar-refractivity contribution is 6.29. The zero-order chi connectivity index (χ0) is 19.8. The van der Waals surface area contributed by atoms with E-state index in [-0.39, 0.29) is 11.6 Å². The Morgan fingerprint density at radius 1 is 1.18 bits per heavy atom. The van der Waals surface area contributed by atoms with Crippen molar-refractivity contribution >= 4 is 22.5 Å². The van der Waals surface area contributed by atoms with Gasteiger partial charge in [0.1, 0.15) is 5.15 Å². The number of rotatable bonds is 3. The molecule has 6 heteroatoms. The van der Waals surface area contributed by atoms with E-state index in [9.17, 15) is 9.90 Å². The number of aryl methyl sites for hydroxylation is 1. The fourth-order valence-corrected chi connectivity index (χ4v) is 4.29. The Morgan fingerprint density at radius 3 is 2.68 bits per heavy atom. The number of hydrogen-bond donors (Lipinski definition) is 1. The first kappa shape index (κ1) is 19.1. The van der Waals surface area contributed by atoms with Crippen LogP contribution in [0.5, 0.6) is 0 Å². The molecule has 2 atom stereocenters. The van der Waals surface area contributed by atoms with Gasteiger partial charge >= 0.3 is 0 Å². The Labute approximate surface area is 169 Å². The minimum absolute atomic E-state index is 0.0745. The van der Waals surface area contributed by atoms with Crippen LogP contribution in [-0.4, -0.2) is 25.7 Å². The molecule has 1 aliphatic carbocycles. The highest BCUT2D eigenvalue weighted by atomic mass is 35.5. The second kappa shape index (κ2) is 7.64. The van der Waals surface area contributed by atoms with Gasteiger partial charge in [-0.05, 0) is 67.5 Å². The number of halogens is 1. The summed E-state index contributed by atoms with van der Waals surface area (Å²) >= 11 is 5.89. The lowest BCUT2D eigenvalue weighted by atomic mass is 9.92. The predicted molar refractivity (Wildman–Crippen MR) is 111 cm³/mol. The molecule has 0 radical (unpaired) electrons. The average molecular weight is 398 g/mol. The van der Waals surface area contributed by atoms with Crippen molar-refractivity contribution in [1.82, 2.24) is 14.5 Å². The number of hydrogen-bond acceptors (Lipinski definition) is 4. The van der Waals surface area contributed by atoms with Crippen LogP contribution in [0.15, 0.2) is 35.5 Å². The van der Waals surface area contributed by atoms with Crippen molar-refractivity contribution in [2.45, 2.75) is 58.1 Å². The van der Waals surface area contributed by atoms with E-state index in [4.69, 9.17) is 11.6 Å². The van der Waals surface area contributed by atoms with Crippen molar-refractivity contribution < 1.29 is 5.11 Å². The topological polar surface area (TPSA) is 68.0 Å². The Kier molecular flexibility index (Phi) is 5.21. The van der Waals surface area contributed by atoms with Crippen molar-refractivity contribution in [2.24, 2.45) is 0 Å². The maximum absolute atomic E-state index is 13.3. The van der Waals surface area contributed by atoms with Gasteiger partial charge < -0.3 is 5.11 Å². The first-order valence-electron chi connectivity index (χ1n) is 9.74. The molecule has 1 aliphatic rings. The molecular weight excluding hydrogens is 374 g/mol. The first-order chi connectivity index (χ1) is 13.5. The molecule has 0 saturated heterocycles. The Hall–Kier alpha value is -2.24.